The highest BCUT2D eigenvalue weighted by Crippen LogP contribution is 2.42. The quantitative estimate of drug-likeness (QED) is 0.840. The van der Waals surface area contributed by atoms with Crippen LogP contribution in [0.5, 0.6) is 0 Å². The number of fused-ring (bicyclic) bond motifs is 2. The molecule has 6 heteroatoms. The topological polar surface area (TPSA) is 47.4 Å². The van der Waals surface area contributed by atoms with Gasteiger partial charge in [0.25, 0.3) is 0 Å². The fourth-order valence-electron chi connectivity index (χ4n) is 4.39. The first-order chi connectivity index (χ1) is 10.7. The van der Waals surface area contributed by atoms with Crippen molar-refractivity contribution in [3.05, 3.63) is 17.4 Å². The standard InChI is InChI=1S/C16H22ClN3O2/c17-12-9-18-19(10-12)15-7-13-1-2-14(8-15)20(13)16(21)11-3-5-22-6-4-11/h9-11,13-15H,1-8H2. The van der Waals surface area contributed by atoms with Crippen molar-refractivity contribution in [1.82, 2.24) is 14.7 Å². The van der Waals surface area contributed by atoms with Gasteiger partial charge in [-0.15, -0.1) is 0 Å². The van der Waals surface area contributed by atoms with E-state index >= 15 is 0 Å². The average molecular weight is 324 g/mol. The zero-order chi connectivity index (χ0) is 15.1. The van der Waals surface area contributed by atoms with Gasteiger partial charge in [-0.3, -0.25) is 9.48 Å². The Bertz CT molecular complexity index is 541. The van der Waals surface area contributed by atoms with Crippen LogP contribution in [0.25, 0.3) is 0 Å². The predicted molar refractivity (Wildman–Crippen MR) is 82.7 cm³/mol. The molecule has 1 aromatic rings. The van der Waals surface area contributed by atoms with Crippen molar-refractivity contribution in [2.24, 2.45) is 5.92 Å². The Hall–Kier alpha value is -1.07. The minimum Gasteiger partial charge on any atom is -0.381 e. The molecule has 3 saturated heterocycles. The zero-order valence-corrected chi connectivity index (χ0v) is 13.4. The van der Waals surface area contributed by atoms with Gasteiger partial charge in [-0.1, -0.05) is 11.6 Å². The van der Waals surface area contributed by atoms with E-state index in [-0.39, 0.29) is 5.92 Å². The number of carbonyl (C=O) groups excluding carboxylic acids is 1. The third kappa shape index (κ3) is 2.54. The minimum absolute atomic E-state index is 0.174. The molecule has 4 rings (SSSR count). The van der Waals surface area contributed by atoms with Crippen LogP contribution in [0.4, 0.5) is 0 Å². The molecule has 0 aromatic carbocycles. The predicted octanol–water partition coefficient (Wildman–Crippen LogP) is 2.66. The fraction of sp³-hybridized carbons (Fsp3) is 0.750. The van der Waals surface area contributed by atoms with Crippen LogP contribution in [0.15, 0.2) is 12.4 Å². The van der Waals surface area contributed by atoms with E-state index in [1.165, 1.54) is 0 Å². The minimum atomic E-state index is 0.174. The van der Waals surface area contributed by atoms with Crippen LogP contribution >= 0.6 is 11.6 Å². The van der Waals surface area contributed by atoms with Crippen molar-refractivity contribution in [2.45, 2.75) is 56.7 Å². The molecule has 0 radical (unpaired) electrons. The van der Waals surface area contributed by atoms with Crippen molar-refractivity contribution in [3.63, 3.8) is 0 Å². The third-order valence-electron chi connectivity index (χ3n) is 5.48. The second-order valence-corrected chi connectivity index (χ2v) is 7.22. The Balaban J connectivity index is 1.47. The van der Waals surface area contributed by atoms with Crippen molar-refractivity contribution in [2.75, 3.05) is 13.2 Å². The molecule has 2 atom stereocenters. The lowest BCUT2D eigenvalue weighted by Gasteiger charge is -2.41. The van der Waals surface area contributed by atoms with Crippen molar-refractivity contribution in [3.8, 4) is 0 Å². The normalized spacial score (nSPS) is 32.4. The van der Waals surface area contributed by atoms with E-state index in [1.807, 2.05) is 10.9 Å². The second-order valence-electron chi connectivity index (χ2n) is 6.78. The van der Waals surface area contributed by atoms with Gasteiger partial charge < -0.3 is 9.64 Å². The Morgan fingerprint density at radius 3 is 2.41 bits per heavy atom. The molecule has 4 heterocycles. The maximum Gasteiger partial charge on any atom is 0.226 e. The third-order valence-corrected chi connectivity index (χ3v) is 5.67. The molecule has 3 aliphatic rings. The van der Waals surface area contributed by atoms with E-state index in [1.54, 1.807) is 6.20 Å². The maximum absolute atomic E-state index is 12.9. The number of ether oxygens (including phenoxy) is 1. The summed E-state index contributed by atoms with van der Waals surface area (Å²) in [7, 11) is 0. The molecule has 0 aliphatic carbocycles. The van der Waals surface area contributed by atoms with Crippen LogP contribution in [0.3, 0.4) is 0 Å². The summed E-state index contributed by atoms with van der Waals surface area (Å²) < 4.78 is 7.38. The summed E-state index contributed by atoms with van der Waals surface area (Å²) in [6, 6.07) is 1.13. The number of rotatable bonds is 2. The van der Waals surface area contributed by atoms with Crippen LogP contribution in [-0.4, -0.2) is 45.9 Å². The Kier molecular flexibility index (Phi) is 3.86. The molecular weight excluding hydrogens is 302 g/mol. The van der Waals surface area contributed by atoms with E-state index in [4.69, 9.17) is 16.3 Å². The van der Waals surface area contributed by atoms with Gasteiger partial charge >= 0.3 is 0 Å². The lowest BCUT2D eigenvalue weighted by atomic mass is 9.92. The zero-order valence-electron chi connectivity index (χ0n) is 12.7. The first-order valence-electron chi connectivity index (χ1n) is 8.32. The molecule has 3 aliphatic heterocycles. The highest BCUT2D eigenvalue weighted by Gasteiger charge is 2.45. The van der Waals surface area contributed by atoms with Gasteiger partial charge in [0.1, 0.15) is 0 Å². The number of hydrogen-bond donors (Lipinski definition) is 0. The van der Waals surface area contributed by atoms with Gasteiger partial charge in [-0.05, 0) is 38.5 Å². The van der Waals surface area contributed by atoms with E-state index in [0.717, 1.165) is 51.7 Å². The van der Waals surface area contributed by atoms with Gasteiger partial charge in [0.15, 0.2) is 0 Å². The SMILES string of the molecule is O=C(C1CCOCC1)N1C2CCC1CC(n1cc(Cl)cn1)C2. The summed E-state index contributed by atoms with van der Waals surface area (Å²) in [5, 5.41) is 5.05. The first kappa shape index (κ1) is 14.5. The van der Waals surface area contributed by atoms with E-state index in [0.29, 0.717) is 29.1 Å². The number of amides is 1. The van der Waals surface area contributed by atoms with Crippen LogP contribution in [0.1, 0.15) is 44.6 Å². The average Bonchev–Trinajstić information content (AvgIpc) is 3.09. The van der Waals surface area contributed by atoms with Gasteiger partial charge in [-0.25, -0.2) is 0 Å². The largest absolute Gasteiger partial charge is 0.381 e. The number of nitrogens with zero attached hydrogens (tertiary/aromatic N) is 3. The molecular formula is C16H22ClN3O2. The Morgan fingerprint density at radius 1 is 1.14 bits per heavy atom. The monoisotopic (exact) mass is 323 g/mol. The van der Waals surface area contributed by atoms with Crippen LogP contribution < -0.4 is 0 Å². The van der Waals surface area contributed by atoms with Gasteiger partial charge in [0.05, 0.1) is 17.3 Å². The lowest BCUT2D eigenvalue weighted by molar-refractivity contribution is -0.143. The number of carbonyl (C=O) groups is 1. The van der Waals surface area contributed by atoms with E-state index < -0.39 is 0 Å². The molecule has 5 nitrogen and oxygen atoms in total. The summed E-state index contributed by atoms with van der Waals surface area (Å²) in [4.78, 5) is 15.1. The summed E-state index contributed by atoms with van der Waals surface area (Å²) in [5.74, 6) is 0.542. The molecule has 0 N–H and O–H groups in total. The summed E-state index contributed by atoms with van der Waals surface area (Å²) in [6.45, 7) is 1.46. The van der Waals surface area contributed by atoms with Gasteiger partial charge in [-0.2, -0.15) is 5.10 Å². The van der Waals surface area contributed by atoms with Crippen LogP contribution in [0, 0.1) is 5.92 Å². The van der Waals surface area contributed by atoms with Crippen LogP contribution in [0.2, 0.25) is 5.02 Å². The molecule has 3 fully saturated rings. The van der Waals surface area contributed by atoms with Gasteiger partial charge in [0.2, 0.25) is 5.91 Å². The highest BCUT2D eigenvalue weighted by atomic mass is 35.5. The lowest BCUT2D eigenvalue weighted by Crippen LogP contribution is -2.50. The molecule has 1 aromatic heterocycles. The van der Waals surface area contributed by atoms with E-state index in [2.05, 4.69) is 10.00 Å². The molecule has 0 spiro atoms. The Labute approximate surface area is 135 Å². The second kappa shape index (κ2) is 5.85. The highest BCUT2D eigenvalue weighted by molar-refractivity contribution is 6.30. The maximum atomic E-state index is 12.9. The fourth-order valence-corrected chi connectivity index (χ4v) is 4.54. The molecule has 0 saturated carbocycles. The summed E-state index contributed by atoms with van der Waals surface area (Å²) in [5.41, 5.74) is 0. The summed E-state index contributed by atoms with van der Waals surface area (Å²) >= 11 is 5.99. The molecule has 22 heavy (non-hydrogen) atoms. The Morgan fingerprint density at radius 2 is 1.82 bits per heavy atom. The van der Waals surface area contributed by atoms with Crippen molar-refractivity contribution >= 4 is 17.5 Å². The number of piperidine rings is 1. The molecule has 1 amide bonds. The summed E-state index contributed by atoms with van der Waals surface area (Å²) in [6.07, 6.45) is 9.63. The number of halogens is 1. The van der Waals surface area contributed by atoms with Crippen molar-refractivity contribution < 1.29 is 9.53 Å². The molecule has 120 valence electrons. The van der Waals surface area contributed by atoms with Crippen LogP contribution in [-0.2, 0) is 9.53 Å². The van der Waals surface area contributed by atoms with Crippen molar-refractivity contribution in [1.29, 1.82) is 0 Å². The molecule has 2 unspecified atom stereocenters. The van der Waals surface area contributed by atoms with E-state index in [9.17, 15) is 4.79 Å². The number of hydrogen-bond acceptors (Lipinski definition) is 3. The van der Waals surface area contributed by atoms with Gasteiger partial charge in [0, 0.05) is 37.4 Å². The number of aromatic nitrogens is 2. The smallest absolute Gasteiger partial charge is 0.226 e. The molecule has 2 bridgehead atoms. The first-order valence-corrected chi connectivity index (χ1v) is 8.70.